The molecule has 0 heteroatoms. The van der Waals surface area contributed by atoms with Crippen LogP contribution in [0, 0.1) is 0 Å². The summed E-state index contributed by atoms with van der Waals surface area (Å²) < 4.78 is 0. The summed E-state index contributed by atoms with van der Waals surface area (Å²) in [5.74, 6) is 0.571. The second-order valence-corrected chi connectivity index (χ2v) is 4.98. The summed E-state index contributed by atoms with van der Waals surface area (Å²) in [7, 11) is 0. The molecule has 1 aliphatic rings. The zero-order valence-corrected chi connectivity index (χ0v) is 10.3. The Morgan fingerprint density at radius 3 is 2.18 bits per heavy atom. The summed E-state index contributed by atoms with van der Waals surface area (Å²) in [6, 6.07) is 15.3. The Morgan fingerprint density at radius 1 is 0.824 bits per heavy atom. The van der Waals surface area contributed by atoms with E-state index in [9.17, 15) is 0 Å². The lowest BCUT2D eigenvalue weighted by Gasteiger charge is -2.08. The van der Waals surface area contributed by atoms with Crippen molar-refractivity contribution in [3.8, 4) is 11.1 Å². The summed E-state index contributed by atoms with van der Waals surface area (Å²) >= 11 is 0. The minimum absolute atomic E-state index is 0.571. The van der Waals surface area contributed by atoms with E-state index in [0.717, 1.165) is 5.57 Å². The maximum Gasteiger partial charge on any atom is -0.00963 e. The van der Waals surface area contributed by atoms with E-state index >= 15 is 0 Å². The summed E-state index contributed by atoms with van der Waals surface area (Å²) in [6.45, 7) is 8.68. The lowest BCUT2D eigenvalue weighted by atomic mass is 9.96. The molecule has 3 rings (SSSR count). The number of hydrogen-bond donors (Lipinski definition) is 0. The first-order chi connectivity index (χ1) is 8.18. The third-order valence-electron chi connectivity index (χ3n) is 3.58. The summed E-state index contributed by atoms with van der Waals surface area (Å²) in [6.07, 6.45) is 0. The predicted octanol–water partition coefficient (Wildman–Crippen LogP) is 4.85. The third-order valence-corrected chi connectivity index (χ3v) is 3.58. The molecule has 0 heterocycles. The molecule has 2 aromatic rings. The maximum absolute atomic E-state index is 4.21. The van der Waals surface area contributed by atoms with Crippen molar-refractivity contribution in [1.29, 1.82) is 0 Å². The second kappa shape index (κ2) is 3.59. The SMILES string of the molecule is C=C1c2ccccc2-c2cc(C(C)C)ccc21. The van der Waals surface area contributed by atoms with Crippen molar-refractivity contribution in [2.45, 2.75) is 19.8 Å². The molecular weight excluding hydrogens is 204 g/mol. The molecule has 0 radical (unpaired) electrons. The van der Waals surface area contributed by atoms with Crippen molar-refractivity contribution in [3.05, 3.63) is 65.7 Å². The van der Waals surface area contributed by atoms with Gasteiger partial charge in [0, 0.05) is 0 Å². The normalized spacial score (nSPS) is 12.8. The first-order valence-corrected chi connectivity index (χ1v) is 6.11. The van der Waals surface area contributed by atoms with E-state index in [1.807, 2.05) is 0 Å². The van der Waals surface area contributed by atoms with Crippen LogP contribution in [0.25, 0.3) is 16.7 Å². The van der Waals surface area contributed by atoms with Crippen molar-refractivity contribution in [3.63, 3.8) is 0 Å². The molecule has 0 aromatic heterocycles. The Kier molecular flexibility index (Phi) is 2.19. The van der Waals surface area contributed by atoms with E-state index in [0.29, 0.717) is 5.92 Å². The Bertz CT molecular complexity index is 603. The first kappa shape index (κ1) is 10.3. The molecule has 0 spiro atoms. The van der Waals surface area contributed by atoms with Crippen LogP contribution < -0.4 is 0 Å². The Morgan fingerprint density at radius 2 is 1.47 bits per heavy atom. The number of fused-ring (bicyclic) bond motifs is 3. The van der Waals surface area contributed by atoms with Gasteiger partial charge in [-0.3, -0.25) is 0 Å². The molecule has 0 fully saturated rings. The van der Waals surface area contributed by atoms with Gasteiger partial charge in [0.25, 0.3) is 0 Å². The Labute approximate surface area is 103 Å². The Balaban J connectivity index is 2.27. The number of benzene rings is 2. The van der Waals surface area contributed by atoms with Gasteiger partial charge in [0.1, 0.15) is 0 Å². The lowest BCUT2D eigenvalue weighted by Crippen LogP contribution is -1.88. The van der Waals surface area contributed by atoms with Crippen LogP contribution in [0.5, 0.6) is 0 Å². The van der Waals surface area contributed by atoms with E-state index in [4.69, 9.17) is 0 Å². The molecule has 2 aromatic carbocycles. The monoisotopic (exact) mass is 220 g/mol. The van der Waals surface area contributed by atoms with Crippen LogP contribution in [0.3, 0.4) is 0 Å². The molecule has 0 aliphatic heterocycles. The second-order valence-electron chi connectivity index (χ2n) is 4.98. The quantitative estimate of drug-likeness (QED) is 0.550. The van der Waals surface area contributed by atoms with E-state index in [2.05, 4.69) is 62.9 Å². The average molecular weight is 220 g/mol. The first-order valence-electron chi connectivity index (χ1n) is 6.11. The minimum atomic E-state index is 0.571. The third kappa shape index (κ3) is 1.44. The van der Waals surface area contributed by atoms with Crippen LogP contribution in [0.4, 0.5) is 0 Å². The minimum Gasteiger partial charge on any atom is -0.0905 e. The van der Waals surface area contributed by atoms with Gasteiger partial charge in [-0.1, -0.05) is 62.9 Å². The fraction of sp³-hybridized carbons (Fsp3) is 0.176. The molecule has 0 nitrogen and oxygen atoms in total. The Hall–Kier alpha value is -1.82. The molecule has 0 saturated heterocycles. The maximum atomic E-state index is 4.21. The predicted molar refractivity (Wildman–Crippen MR) is 74.1 cm³/mol. The molecule has 0 amide bonds. The zero-order chi connectivity index (χ0) is 12.0. The molecule has 0 atom stereocenters. The van der Waals surface area contributed by atoms with Gasteiger partial charge in [-0.15, -0.1) is 0 Å². The molecule has 0 bridgehead atoms. The highest BCUT2D eigenvalue weighted by molar-refractivity contribution is 6.00. The van der Waals surface area contributed by atoms with Crippen molar-refractivity contribution < 1.29 is 0 Å². The standard InChI is InChI=1S/C17H16/c1-11(2)13-8-9-15-12(3)14-6-4-5-7-16(14)17(15)10-13/h4-11H,3H2,1-2H3. The van der Waals surface area contributed by atoms with Gasteiger partial charge in [0.05, 0.1) is 0 Å². The zero-order valence-electron chi connectivity index (χ0n) is 10.3. The van der Waals surface area contributed by atoms with Gasteiger partial charge in [-0.25, -0.2) is 0 Å². The molecule has 84 valence electrons. The van der Waals surface area contributed by atoms with Crippen LogP contribution in [0.15, 0.2) is 49.0 Å². The van der Waals surface area contributed by atoms with Gasteiger partial charge in [-0.05, 0) is 39.3 Å². The van der Waals surface area contributed by atoms with E-state index in [-0.39, 0.29) is 0 Å². The van der Waals surface area contributed by atoms with Gasteiger partial charge in [0.15, 0.2) is 0 Å². The summed E-state index contributed by atoms with van der Waals surface area (Å²) in [5.41, 5.74) is 7.80. The van der Waals surface area contributed by atoms with Crippen molar-refractivity contribution in [2.75, 3.05) is 0 Å². The van der Waals surface area contributed by atoms with Crippen LogP contribution in [-0.4, -0.2) is 0 Å². The van der Waals surface area contributed by atoms with E-state index < -0.39 is 0 Å². The van der Waals surface area contributed by atoms with Gasteiger partial charge < -0.3 is 0 Å². The van der Waals surface area contributed by atoms with Crippen LogP contribution in [0.1, 0.15) is 36.5 Å². The molecular formula is C17H16. The summed E-state index contributed by atoms with van der Waals surface area (Å²) in [5, 5.41) is 0. The fourth-order valence-electron chi connectivity index (χ4n) is 2.53. The number of rotatable bonds is 1. The van der Waals surface area contributed by atoms with E-state index in [1.54, 1.807) is 0 Å². The topological polar surface area (TPSA) is 0 Å². The van der Waals surface area contributed by atoms with Crippen LogP contribution in [-0.2, 0) is 0 Å². The van der Waals surface area contributed by atoms with Crippen LogP contribution >= 0.6 is 0 Å². The number of hydrogen-bond acceptors (Lipinski definition) is 0. The molecule has 0 unspecified atom stereocenters. The highest BCUT2D eigenvalue weighted by atomic mass is 14.2. The van der Waals surface area contributed by atoms with Crippen molar-refractivity contribution >= 4 is 5.57 Å². The van der Waals surface area contributed by atoms with Gasteiger partial charge >= 0.3 is 0 Å². The smallest absolute Gasteiger partial charge is 0.00963 e. The molecule has 1 aliphatic carbocycles. The average Bonchev–Trinajstić information content (AvgIpc) is 2.64. The van der Waals surface area contributed by atoms with Crippen molar-refractivity contribution in [1.82, 2.24) is 0 Å². The highest BCUT2D eigenvalue weighted by Crippen LogP contribution is 2.43. The van der Waals surface area contributed by atoms with Gasteiger partial charge in [0.2, 0.25) is 0 Å². The van der Waals surface area contributed by atoms with Crippen LogP contribution in [0.2, 0.25) is 0 Å². The molecule has 17 heavy (non-hydrogen) atoms. The molecule has 0 saturated carbocycles. The highest BCUT2D eigenvalue weighted by Gasteiger charge is 2.21. The largest absolute Gasteiger partial charge is 0.0905 e. The lowest BCUT2D eigenvalue weighted by molar-refractivity contribution is 0.867. The van der Waals surface area contributed by atoms with Crippen molar-refractivity contribution in [2.24, 2.45) is 0 Å². The van der Waals surface area contributed by atoms with Gasteiger partial charge in [-0.2, -0.15) is 0 Å². The molecule has 0 N–H and O–H groups in total. The summed E-state index contributed by atoms with van der Waals surface area (Å²) in [4.78, 5) is 0. The van der Waals surface area contributed by atoms with E-state index in [1.165, 1.54) is 27.8 Å². The fourth-order valence-corrected chi connectivity index (χ4v) is 2.53.